The van der Waals surface area contributed by atoms with Crippen molar-refractivity contribution in [1.29, 1.82) is 0 Å². The second kappa shape index (κ2) is 4.67. The summed E-state index contributed by atoms with van der Waals surface area (Å²) >= 11 is 6.08. The second-order valence-corrected chi connectivity index (χ2v) is 4.38. The molecule has 4 N–H and O–H groups in total. The number of rotatable bonds is 3. The number of hydrogen-bond donors (Lipinski definition) is 3. The van der Waals surface area contributed by atoms with Crippen LogP contribution in [0.4, 0.5) is 11.4 Å². The molecule has 0 fully saturated rings. The van der Waals surface area contributed by atoms with E-state index in [1.165, 1.54) is 0 Å². The molecule has 5 heteroatoms. The lowest BCUT2D eigenvalue weighted by atomic mass is 10.1. The van der Waals surface area contributed by atoms with Crippen molar-refractivity contribution in [3.63, 3.8) is 0 Å². The average Bonchev–Trinajstić information content (AvgIpc) is 2.83. The van der Waals surface area contributed by atoms with Gasteiger partial charge in [0.15, 0.2) is 0 Å². The lowest BCUT2D eigenvalue weighted by molar-refractivity contribution is 0.809. The Morgan fingerprint density at radius 2 is 2.24 bits per heavy atom. The maximum absolute atomic E-state index is 6.08. The molecule has 0 amide bonds. The molecular formula is C12H15ClN4. The average molecular weight is 251 g/mol. The standard InChI is InChI=1S/C12H15ClN4/c1-7-9(13)3-4-10(14)11(7)17-8(2)12-15-5-6-16-12/h3-6,8,17H,14H2,1-2H3,(H,15,16). The molecule has 2 aromatic rings. The molecule has 1 atom stereocenters. The van der Waals surface area contributed by atoms with Crippen molar-refractivity contribution >= 4 is 23.0 Å². The van der Waals surface area contributed by atoms with E-state index in [0.29, 0.717) is 10.7 Å². The van der Waals surface area contributed by atoms with E-state index in [0.717, 1.165) is 17.1 Å². The van der Waals surface area contributed by atoms with Crippen molar-refractivity contribution in [2.24, 2.45) is 0 Å². The first kappa shape index (κ1) is 11.8. The molecule has 2 rings (SSSR count). The number of halogens is 1. The van der Waals surface area contributed by atoms with Gasteiger partial charge in [-0.15, -0.1) is 0 Å². The van der Waals surface area contributed by atoms with Gasteiger partial charge in [-0.3, -0.25) is 0 Å². The number of H-pyrrole nitrogens is 1. The summed E-state index contributed by atoms with van der Waals surface area (Å²) < 4.78 is 0. The Hall–Kier alpha value is -1.68. The number of imidazole rings is 1. The third kappa shape index (κ3) is 2.36. The summed E-state index contributed by atoms with van der Waals surface area (Å²) in [7, 11) is 0. The van der Waals surface area contributed by atoms with Crippen LogP contribution in [0.1, 0.15) is 24.4 Å². The molecule has 0 aliphatic carbocycles. The Morgan fingerprint density at radius 1 is 1.47 bits per heavy atom. The van der Waals surface area contributed by atoms with Gasteiger partial charge < -0.3 is 16.0 Å². The van der Waals surface area contributed by atoms with Gasteiger partial charge in [-0.1, -0.05) is 11.6 Å². The van der Waals surface area contributed by atoms with Gasteiger partial charge in [0.05, 0.1) is 17.4 Å². The van der Waals surface area contributed by atoms with Gasteiger partial charge in [-0.2, -0.15) is 0 Å². The molecule has 1 aromatic carbocycles. The molecule has 0 aliphatic heterocycles. The van der Waals surface area contributed by atoms with Gasteiger partial charge >= 0.3 is 0 Å². The smallest absolute Gasteiger partial charge is 0.128 e. The normalized spacial score (nSPS) is 12.4. The minimum absolute atomic E-state index is 0.0458. The molecule has 1 heterocycles. The third-order valence-electron chi connectivity index (χ3n) is 2.72. The number of aromatic nitrogens is 2. The van der Waals surface area contributed by atoms with Crippen LogP contribution in [-0.4, -0.2) is 9.97 Å². The van der Waals surface area contributed by atoms with E-state index in [1.807, 2.05) is 13.8 Å². The number of nitrogens with zero attached hydrogens (tertiary/aromatic N) is 1. The SMILES string of the molecule is Cc1c(Cl)ccc(N)c1NC(C)c1ncc[nH]1. The zero-order valence-corrected chi connectivity index (χ0v) is 10.5. The minimum atomic E-state index is 0.0458. The zero-order valence-electron chi connectivity index (χ0n) is 9.79. The Bertz CT molecular complexity index is 507. The van der Waals surface area contributed by atoms with Gasteiger partial charge in [0.25, 0.3) is 0 Å². The number of benzene rings is 1. The number of nitrogen functional groups attached to an aromatic ring is 1. The molecule has 0 bridgehead atoms. The summed E-state index contributed by atoms with van der Waals surface area (Å²) in [4.78, 5) is 7.27. The van der Waals surface area contributed by atoms with E-state index < -0.39 is 0 Å². The number of anilines is 2. The fraction of sp³-hybridized carbons (Fsp3) is 0.250. The fourth-order valence-electron chi connectivity index (χ4n) is 1.70. The number of aromatic amines is 1. The highest BCUT2D eigenvalue weighted by atomic mass is 35.5. The number of hydrogen-bond acceptors (Lipinski definition) is 3. The van der Waals surface area contributed by atoms with E-state index in [9.17, 15) is 0 Å². The third-order valence-corrected chi connectivity index (χ3v) is 3.13. The highest BCUT2D eigenvalue weighted by Crippen LogP contribution is 2.31. The van der Waals surface area contributed by atoms with E-state index in [4.69, 9.17) is 17.3 Å². The molecule has 0 saturated heterocycles. The highest BCUT2D eigenvalue weighted by Gasteiger charge is 2.12. The Morgan fingerprint density at radius 3 is 2.88 bits per heavy atom. The summed E-state index contributed by atoms with van der Waals surface area (Å²) in [5.41, 5.74) is 8.44. The van der Waals surface area contributed by atoms with Crippen LogP contribution >= 0.6 is 11.6 Å². The molecule has 0 radical (unpaired) electrons. The first-order chi connectivity index (χ1) is 8.09. The fourth-order valence-corrected chi connectivity index (χ4v) is 1.86. The maximum atomic E-state index is 6.08. The molecular weight excluding hydrogens is 236 g/mol. The molecule has 1 unspecified atom stereocenters. The Labute approximate surface area is 105 Å². The lowest BCUT2D eigenvalue weighted by Gasteiger charge is -2.17. The molecule has 1 aromatic heterocycles. The molecule has 0 spiro atoms. The van der Waals surface area contributed by atoms with Crippen LogP contribution in [0, 0.1) is 6.92 Å². The van der Waals surface area contributed by atoms with Crippen LogP contribution in [0.15, 0.2) is 24.5 Å². The minimum Gasteiger partial charge on any atom is -0.397 e. The van der Waals surface area contributed by atoms with Crippen molar-refractivity contribution in [3.05, 3.63) is 40.9 Å². The van der Waals surface area contributed by atoms with Gasteiger partial charge in [0.2, 0.25) is 0 Å². The Balaban J connectivity index is 2.27. The summed E-state index contributed by atoms with van der Waals surface area (Å²) in [6.45, 7) is 3.95. The number of nitrogens with one attached hydrogen (secondary N) is 2. The topological polar surface area (TPSA) is 66.7 Å². The van der Waals surface area contributed by atoms with Crippen molar-refractivity contribution in [3.8, 4) is 0 Å². The van der Waals surface area contributed by atoms with Crippen LogP contribution in [0.25, 0.3) is 0 Å². The summed E-state index contributed by atoms with van der Waals surface area (Å²) in [6.07, 6.45) is 3.52. The monoisotopic (exact) mass is 250 g/mol. The second-order valence-electron chi connectivity index (χ2n) is 3.98. The van der Waals surface area contributed by atoms with Gasteiger partial charge in [-0.05, 0) is 31.5 Å². The van der Waals surface area contributed by atoms with Crippen LogP contribution in [-0.2, 0) is 0 Å². The first-order valence-electron chi connectivity index (χ1n) is 5.40. The van der Waals surface area contributed by atoms with E-state index in [-0.39, 0.29) is 6.04 Å². The van der Waals surface area contributed by atoms with Crippen LogP contribution in [0.2, 0.25) is 5.02 Å². The summed E-state index contributed by atoms with van der Waals surface area (Å²) in [6, 6.07) is 3.64. The highest BCUT2D eigenvalue weighted by molar-refractivity contribution is 6.31. The van der Waals surface area contributed by atoms with E-state index >= 15 is 0 Å². The van der Waals surface area contributed by atoms with Crippen LogP contribution < -0.4 is 11.1 Å². The quantitative estimate of drug-likeness (QED) is 0.734. The van der Waals surface area contributed by atoms with Crippen molar-refractivity contribution in [2.75, 3.05) is 11.1 Å². The van der Waals surface area contributed by atoms with E-state index in [1.54, 1.807) is 24.5 Å². The predicted octanol–water partition coefficient (Wildman–Crippen LogP) is 3.13. The summed E-state index contributed by atoms with van der Waals surface area (Å²) in [5, 5.41) is 4.02. The van der Waals surface area contributed by atoms with Crippen molar-refractivity contribution in [2.45, 2.75) is 19.9 Å². The molecule has 0 saturated carbocycles. The van der Waals surface area contributed by atoms with Crippen molar-refractivity contribution in [1.82, 2.24) is 9.97 Å². The Kier molecular flexibility index (Phi) is 3.24. The van der Waals surface area contributed by atoms with Crippen LogP contribution in [0.5, 0.6) is 0 Å². The molecule has 17 heavy (non-hydrogen) atoms. The van der Waals surface area contributed by atoms with Gasteiger partial charge in [0.1, 0.15) is 5.82 Å². The van der Waals surface area contributed by atoms with Crippen LogP contribution in [0.3, 0.4) is 0 Å². The zero-order chi connectivity index (χ0) is 12.4. The first-order valence-corrected chi connectivity index (χ1v) is 5.77. The van der Waals surface area contributed by atoms with Gasteiger partial charge in [0, 0.05) is 17.4 Å². The molecule has 0 aliphatic rings. The number of nitrogens with two attached hydrogens (primary N) is 1. The predicted molar refractivity (Wildman–Crippen MR) is 71.2 cm³/mol. The molecule has 4 nitrogen and oxygen atoms in total. The largest absolute Gasteiger partial charge is 0.397 e. The molecule has 90 valence electrons. The lowest BCUT2D eigenvalue weighted by Crippen LogP contribution is -2.11. The maximum Gasteiger partial charge on any atom is 0.128 e. The van der Waals surface area contributed by atoms with Crippen molar-refractivity contribution < 1.29 is 0 Å². The van der Waals surface area contributed by atoms with Gasteiger partial charge in [-0.25, -0.2) is 4.98 Å². The van der Waals surface area contributed by atoms with E-state index in [2.05, 4.69) is 15.3 Å². The summed E-state index contributed by atoms with van der Waals surface area (Å²) in [5.74, 6) is 0.865.